The number of benzene rings is 2. The first-order valence-corrected chi connectivity index (χ1v) is 11.1. The molecule has 0 unspecified atom stereocenters. The summed E-state index contributed by atoms with van der Waals surface area (Å²) in [6.07, 6.45) is 4.34. The molecule has 1 aromatic heterocycles. The lowest BCUT2D eigenvalue weighted by Crippen LogP contribution is -2.48. The molecule has 0 bridgehead atoms. The molecule has 4 rings (SSSR count). The largest absolute Gasteiger partial charge is 0.335 e. The summed E-state index contributed by atoms with van der Waals surface area (Å²) in [5.41, 5.74) is 3.90. The van der Waals surface area contributed by atoms with Crippen molar-refractivity contribution in [3.8, 4) is 0 Å². The topological polar surface area (TPSA) is 48.5 Å². The molecule has 2 aromatic carbocycles. The van der Waals surface area contributed by atoms with Gasteiger partial charge in [0.1, 0.15) is 5.69 Å². The van der Waals surface area contributed by atoms with Crippen LogP contribution in [-0.4, -0.2) is 53.4 Å². The first-order valence-electron chi connectivity index (χ1n) is 10.2. The highest BCUT2D eigenvalue weighted by Gasteiger charge is 2.23. The summed E-state index contributed by atoms with van der Waals surface area (Å²) >= 11 is 1.47. The number of hydrogen-bond acceptors (Lipinski definition) is 5. The lowest BCUT2D eigenvalue weighted by atomic mass is 10.2. The van der Waals surface area contributed by atoms with E-state index in [0.29, 0.717) is 5.69 Å². The Morgan fingerprint density at radius 2 is 1.80 bits per heavy atom. The zero-order valence-corrected chi connectivity index (χ0v) is 17.9. The van der Waals surface area contributed by atoms with Crippen LogP contribution in [0.2, 0.25) is 0 Å². The fraction of sp³-hybridized carbons (Fsp3) is 0.250. The van der Waals surface area contributed by atoms with Crippen LogP contribution < -0.4 is 5.32 Å². The number of aryl methyl sites for hydroxylation is 1. The monoisotopic (exact) mass is 418 g/mol. The Morgan fingerprint density at radius 3 is 2.57 bits per heavy atom. The second-order valence-corrected chi connectivity index (χ2v) is 8.24. The molecule has 0 radical (unpaired) electrons. The van der Waals surface area contributed by atoms with E-state index in [1.54, 1.807) is 0 Å². The third-order valence-electron chi connectivity index (χ3n) is 5.24. The van der Waals surface area contributed by atoms with Crippen LogP contribution in [0, 0.1) is 6.92 Å². The van der Waals surface area contributed by atoms with Gasteiger partial charge in [0.05, 0.1) is 0 Å². The van der Waals surface area contributed by atoms with Crippen molar-refractivity contribution >= 4 is 34.1 Å². The zero-order valence-electron chi connectivity index (χ0n) is 17.1. The van der Waals surface area contributed by atoms with Crippen LogP contribution in [0.3, 0.4) is 0 Å². The van der Waals surface area contributed by atoms with E-state index in [4.69, 9.17) is 0 Å². The summed E-state index contributed by atoms with van der Waals surface area (Å²) in [6, 6.07) is 18.4. The predicted molar refractivity (Wildman–Crippen MR) is 124 cm³/mol. The van der Waals surface area contributed by atoms with E-state index in [1.807, 2.05) is 46.7 Å². The standard InChI is InChI=1S/C24H26N4OS/c1-19-8-5-6-12-21(19)25-24-26-22(18-30-24)23(29)28-16-14-27(15-17-28)13-7-11-20-9-3-2-4-10-20/h2-12,18H,13-17H2,1H3,(H,25,26)/b11-7+. The highest BCUT2D eigenvalue weighted by molar-refractivity contribution is 7.14. The molecule has 2 heterocycles. The number of amides is 1. The predicted octanol–water partition coefficient (Wildman–Crippen LogP) is 4.67. The second kappa shape index (κ2) is 9.69. The van der Waals surface area contributed by atoms with E-state index in [-0.39, 0.29) is 5.91 Å². The molecule has 1 N–H and O–H groups in total. The van der Waals surface area contributed by atoms with Gasteiger partial charge in [0.25, 0.3) is 5.91 Å². The SMILES string of the molecule is Cc1ccccc1Nc1nc(C(=O)N2CCN(C/C=C/c3ccccc3)CC2)cs1. The van der Waals surface area contributed by atoms with Gasteiger partial charge in [-0.15, -0.1) is 11.3 Å². The molecular formula is C24H26N4OS. The van der Waals surface area contributed by atoms with Crippen molar-refractivity contribution < 1.29 is 4.79 Å². The molecule has 0 atom stereocenters. The number of aromatic nitrogens is 1. The minimum atomic E-state index is 0.0172. The summed E-state index contributed by atoms with van der Waals surface area (Å²) < 4.78 is 0. The van der Waals surface area contributed by atoms with Gasteiger partial charge in [-0.05, 0) is 24.1 Å². The Hall–Kier alpha value is -2.96. The normalized spacial score (nSPS) is 14.9. The van der Waals surface area contributed by atoms with Crippen molar-refractivity contribution in [3.05, 3.63) is 82.9 Å². The van der Waals surface area contributed by atoms with Crippen molar-refractivity contribution in [2.45, 2.75) is 6.92 Å². The Bertz CT molecular complexity index is 1010. The molecule has 1 saturated heterocycles. The number of rotatable bonds is 6. The third kappa shape index (κ3) is 5.14. The van der Waals surface area contributed by atoms with E-state index >= 15 is 0 Å². The maximum Gasteiger partial charge on any atom is 0.273 e. The highest BCUT2D eigenvalue weighted by atomic mass is 32.1. The fourth-order valence-corrected chi connectivity index (χ4v) is 4.15. The average Bonchev–Trinajstić information content (AvgIpc) is 3.25. The Balaban J connectivity index is 1.28. The lowest BCUT2D eigenvalue weighted by molar-refractivity contribution is 0.0645. The molecule has 1 aliphatic rings. The van der Waals surface area contributed by atoms with Crippen molar-refractivity contribution in [2.75, 3.05) is 38.0 Å². The van der Waals surface area contributed by atoms with Gasteiger partial charge in [0.2, 0.25) is 0 Å². The molecule has 154 valence electrons. The Kier molecular flexibility index (Phi) is 6.57. The van der Waals surface area contributed by atoms with Crippen LogP contribution >= 0.6 is 11.3 Å². The van der Waals surface area contributed by atoms with Crippen LogP contribution in [0.15, 0.2) is 66.1 Å². The van der Waals surface area contributed by atoms with Gasteiger partial charge in [0.15, 0.2) is 5.13 Å². The number of piperazine rings is 1. The molecular weight excluding hydrogens is 392 g/mol. The molecule has 0 aliphatic carbocycles. The maximum absolute atomic E-state index is 12.8. The average molecular weight is 419 g/mol. The molecule has 0 spiro atoms. The summed E-state index contributed by atoms with van der Waals surface area (Å²) in [5, 5.41) is 5.91. The van der Waals surface area contributed by atoms with Gasteiger partial charge < -0.3 is 10.2 Å². The molecule has 30 heavy (non-hydrogen) atoms. The summed E-state index contributed by atoms with van der Waals surface area (Å²) in [6.45, 7) is 6.17. The molecule has 1 fully saturated rings. The van der Waals surface area contributed by atoms with E-state index in [2.05, 4.69) is 52.5 Å². The van der Waals surface area contributed by atoms with Gasteiger partial charge in [0, 0.05) is 43.8 Å². The van der Waals surface area contributed by atoms with Gasteiger partial charge in [-0.2, -0.15) is 0 Å². The van der Waals surface area contributed by atoms with Crippen LogP contribution in [-0.2, 0) is 0 Å². The molecule has 5 nitrogen and oxygen atoms in total. The van der Waals surface area contributed by atoms with Crippen molar-refractivity contribution in [3.63, 3.8) is 0 Å². The van der Waals surface area contributed by atoms with Crippen molar-refractivity contribution in [1.82, 2.24) is 14.8 Å². The first-order chi connectivity index (χ1) is 14.7. The summed E-state index contributed by atoms with van der Waals surface area (Å²) in [4.78, 5) is 21.6. The Morgan fingerprint density at radius 1 is 1.07 bits per heavy atom. The van der Waals surface area contributed by atoms with E-state index < -0.39 is 0 Å². The summed E-state index contributed by atoms with van der Waals surface area (Å²) in [5.74, 6) is 0.0172. The minimum Gasteiger partial charge on any atom is -0.335 e. The fourth-order valence-electron chi connectivity index (χ4n) is 3.46. The summed E-state index contributed by atoms with van der Waals surface area (Å²) in [7, 11) is 0. The molecule has 6 heteroatoms. The number of hydrogen-bond donors (Lipinski definition) is 1. The van der Waals surface area contributed by atoms with Crippen LogP contribution in [0.25, 0.3) is 6.08 Å². The van der Waals surface area contributed by atoms with Crippen molar-refractivity contribution in [2.24, 2.45) is 0 Å². The number of nitrogens with zero attached hydrogens (tertiary/aromatic N) is 3. The number of thiazole rings is 1. The molecule has 1 amide bonds. The van der Waals surface area contributed by atoms with Crippen LogP contribution in [0.5, 0.6) is 0 Å². The molecule has 1 aliphatic heterocycles. The number of nitrogens with one attached hydrogen (secondary N) is 1. The van der Waals surface area contributed by atoms with E-state index in [1.165, 1.54) is 16.9 Å². The first kappa shape index (κ1) is 20.3. The van der Waals surface area contributed by atoms with Crippen LogP contribution in [0.4, 0.5) is 10.8 Å². The van der Waals surface area contributed by atoms with Crippen molar-refractivity contribution in [1.29, 1.82) is 0 Å². The highest BCUT2D eigenvalue weighted by Crippen LogP contribution is 2.24. The van der Waals surface area contributed by atoms with Gasteiger partial charge >= 0.3 is 0 Å². The van der Waals surface area contributed by atoms with Crippen LogP contribution in [0.1, 0.15) is 21.6 Å². The second-order valence-electron chi connectivity index (χ2n) is 7.38. The third-order valence-corrected chi connectivity index (χ3v) is 6.00. The quantitative estimate of drug-likeness (QED) is 0.632. The maximum atomic E-state index is 12.8. The smallest absolute Gasteiger partial charge is 0.273 e. The molecule has 3 aromatic rings. The number of carbonyl (C=O) groups is 1. The minimum absolute atomic E-state index is 0.0172. The van der Waals surface area contributed by atoms with Gasteiger partial charge in [-0.3, -0.25) is 9.69 Å². The number of para-hydroxylation sites is 1. The van der Waals surface area contributed by atoms with Gasteiger partial charge in [-0.1, -0.05) is 60.7 Å². The van der Waals surface area contributed by atoms with Gasteiger partial charge in [-0.25, -0.2) is 4.98 Å². The molecule has 0 saturated carbocycles. The van der Waals surface area contributed by atoms with E-state index in [0.717, 1.165) is 49.1 Å². The lowest BCUT2D eigenvalue weighted by Gasteiger charge is -2.33. The zero-order chi connectivity index (χ0) is 20.8. The number of anilines is 2. The number of carbonyl (C=O) groups excluding carboxylic acids is 1. The van der Waals surface area contributed by atoms with E-state index in [9.17, 15) is 4.79 Å². The Labute approximate surface area is 181 Å².